The maximum Gasteiger partial charge on any atom is 0.336 e. The Morgan fingerprint density at radius 3 is 2.84 bits per heavy atom. The Hall–Kier alpha value is -4.09. The van der Waals surface area contributed by atoms with Crippen LogP contribution in [0.1, 0.15) is 26.4 Å². The number of nitrogens with zero attached hydrogens (tertiary/aromatic N) is 6. The van der Waals surface area contributed by atoms with Gasteiger partial charge in [0.25, 0.3) is 5.91 Å². The zero-order chi connectivity index (χ0) is 17.8. The van der Waals surface area contributed by atoms with E-state index in [9.17, 15) is 9.59 Å². The Bertz CT molecular complexity index is 960. The standard InChI is InChI=1S/C13H10N8O4/c14-10-11(19-25-18-10)21-6-9(16-20-21)12(22)17-15-5-7-3-1-2-4-8(7)13(23)24/h1-6H,(H2,14,18)(H,17,22)(H,23,24)/b15-5+. The van der Waals surface area contributed by atoms with E-state index in [2.05, 4.69) is 35.8 Å². The molecule has 0 aliphatic rings. The number of carbonyl (C=O) groups excluding carboxylic acids is 1. The maximum absolute atomic E-state index is 12.0. The number of nitrogens with one attached hydrogen (secondary N) is 1. The van der Waals surface area contributed by atoms with Gasteiger partial charge in [-0.2, -0.15) is 9.78 Å². The number of benzene rings is 1. The molecule has 0 aliphatic carbocycles. The Morgan fingerprint density at radius 2 is 2.12 bits per heavy atom. The summed E-state index contributed by atoms with van der Waals surface area (Å²) < 4.78 is 5.54. The Morgan fingerprint density at radius 1 is 1.32 bits per heavy atom. The molecule has 0 fully saturated rings. The number of nitrogen functional groups attached to an aromatic ring is 1. The molecule has 3 aromatic rings. The van der Waals surface area contributed by atoms with Gasteiger partial charge in [0.15, 0.2) is 5.69 Å². The van der Waals surface area contributed by atoms with Crippen molar-refractivity contribution in [1.29, 1.82) is 0 Å². The summed E-state index contributed by atoms with van der Waals surface area (Å²) in [5.41, 5.74) is 8.06. The molecular weight excluding hydrogens is 332 g/mol. The fraction of sp³-hybridized carbons (Fsp3) is 0. The molecule has 0 radical (unpaired) electrons. The lowest BCUT2D eigenvalue weighted by Gasteiger charge is -1.99. The van der Waals surface area contributed by atoms with Gasteiger partial charge in [0, 0.05) is 5.56 Å². The summed E-state index contributed by atoms with van der Waals surface area (Å²) >= 11 is 0. The summed E-state index contributed by atoms with van der Waals surface area (Å²) in [4.78, 5) is 23.1. The first-order valence-corrected chi connectivity index (χ1v) is 6.72. The Balaban J connectivity index is 1.71. The summed E-state index contributed by atoms with van der Waals surface area (Å²) in [5.74, 6) is -1.69. The van der Waals surface area contributed by atoms with Crippen molar-refractivity contribution in [1.82, 2.24) is 30.7 Å². The third-order valence-corrected chi connectivity index (χ3v) is 3.00. The van der Waals surface area contributed by atoms with E-state index in [0.29, 0.717) is 5.56 Å². The smallest absolute Gasteiger partial charge is 0.336 e. The summed E-state index contributed by atoms with van der Waals surface area (Å²) in [6.45, 7) is 0. The lowest BCUT2D eigenvalue weighted by atomic mass is 10.1. The molecule has 0 aliphatic heterocycles. The van der Waals surface area contributed by atoms with E-state index in [0.717, 1.165) is 4.68 Å². The van der Waals surface area contributed by atoms with Crippen LogP contribution >= 0.6 is 0 Å². The second-order valence-electron chi connectivity index (χ2n) is 4.61. The number of rotatable bonds is 5. The number of nitrogens with two attached hydrogens (primary N) is 1. The number of carboxylic acid groups (broad SMARTS) is 1. The minimum atomic E-state index is -1.10. The highest BCUT2D eigenvalue weighted by Gasteiger charge is 2.15. The minimum Gasteiger partial charge on any atom is -0.478 e. The third-order valence-electron chi connectivity index (χ3n) is 3.00. The van der Waals surface area contributed by atoms with Crippen LogP contribution in [-0.2, 0) is 0 Å². The van der Waals surface area contributed by atoms with Crippen molar-refractivity contribution in [3.05, 3.63) is 47.3 Å². The van der Waals surface area contributed by atoms with E-state index in [4.69, 9.17) is 10.8 Å². The molecule has 3 rings (SSSR count). The summed E-state index contributed by atoms with van der Waals surface area (Å²) in [6.07, 6.45) is 2.47. The maximum atomic E-state index is 12.0. The van der Waals surface area contributed by atoms with Crippen molar-refractivity contribution in [3.8, 4) is 5.82 Å². The molecule has 25 heavy (non-hydrogen) atoms. The number of aromatic carboxylic acids is 1. The number of anilines is 1. The predicted molar refractivity (Wildman–Crippen MR) is 82.1 cm³/mol. The summed E-state index contributed by atoms with van der Waals surface area (Å²) in [7, 11) is 0. The van der Waals surface area contributed by atoms with E-state index in [-0.39, 0.29) is 22.9 Å². The van der Waals surface area contributed by atoms with Crippen molar-refractivity contribution in [2.24, 2.45) is 5.10 Å². The average Bonchev–Trinajstić information content (AvgIpc) is 3.23. The van der Waals surface area contributed by atoms with Crippen molar-refractivity contribution < 1.29 is 19.3 Å². The van der Waals surface area contributed by atoms with Crippen LogP contribution in [0, 0.1) is 0 Å². The van der Waals surface area contributed by atoms with E-state index < -0.39 is 11.9 Å². The molecular formula is C13H10N8O4. The first kappa shape index (κ1) is 15.8. The molecule has 0 spiro atoms. The molecule has 0 saturated heterocycles. The molecule has 0 bridgehead atoms. The second kappa shape index (κ2) is 6.57. The van der Waals surface area contributed by atoms with Crippen molar-refractivity contribution in [3.63, 3.8) is 0 Å². The van der Waals surface area contributed by atoms with Gasteiger partial charge in [-0.05, 0) is 16.4 Å². The average molecular weight is 342 g/mol. The lowest BCUT2D eigenvalue weighted by Crippen LogP contribution is -2.18. The van der Waals surface area contributed by atoms with Gasteiger partial charge < -0.3 is 10.8 Å². The molecule has 0 saturated carbocycles. The Kier molecular flexibility index (Phi) is 4.15. The number of carbonyl (C=O) groups is 2. The molecule has 12 nitrogen and oxygen atoms in total. The van der Waals surface area contributed by atoms with Gasteiger partial charge in [-0.3, -0.25) is 4.79 Å². The zero-order valence-corrected chi connectivity index (χ0v) is 12.4. The molecule has 1 aromatic carbocycles. The molecule has 126 valence electrons. The van der Waals surface area contributed by atoms with Crippen LogP contribution in [0.5, 0.6) is 0 Å². The van der Waals surface area contributed by atoms with Crippen molar-refractivity contribution in [2.45, 2.75) is 0 Å². The first-order chi connectivity index (χ1) is 12.1. The van der Waals surface area contributed by atoms with Crippen LogP contribution < -0.4 is 11.2 Å². The Labute approximate surface area is 138 Å². The van der Waals surface area contributed by atoms with Crippen molar-refractivity contribution >= 4 is 23.9 Å². The highest BCUT2D eigenvalue weighted by molar-refractivity contribution is 5.99. The van der Waals surface area contributed by atoms with E-state index in [1.54, 1.807) is 18.2 Å². The van der Waals surface area contributed by atoms with Gasteiger partial charge in [-0.25, -0.2) is 14.8 Å². The van der Waals surface area contributed by atoms with Crippen LogP contribution in [0.2, 0.25) is 0 Å². The van der Waals surface area contributed by atoms with Crippen LogP contribution in [0.25, 0.3) is 5.82 Å². The highest BCUT2D eigenvalue weighted by Crippen LogP contribution is 2.10. The highest BCUT2D eigenvalue weighted by atomic mass is 16.6. The fourth-order valence-corrected chi connectivity index (χ4v) is 1.84. The number of amides is 1. The first-order valence-electron chi connectivity index (χ1n) is 6.72. The van der Waals surface area contributed by atoms with E-state index >= 15 is 0 Å². The molecule has 0 unspecified atom stereocenters. The quantitative estimate of drug-likeness (QED) is 0.415. The summed E-state index contributed by atoms with van der Waals surface area (Å²) in [6, 6.07) is 6.21. The van der Waals surface area contributed by atoms with Gasteiger partial charge in [0.2, 0.25) is 11.6 Å². The topological polar surface area (TPSA) is 174 Å². The van der Waals surface area contributed by atoms with E-state index in [1.165, 1.54) is 18.5 Å². The molecule has 4 N–H and O–H groups in total. The number of carboxylic acids is 1. The van der Waals surface area contributed by atoms with Crippen LogP contribution in [0.4, 0.5) is 5.82 Å². The largest absolute Gasteiger partial charge is 0.478 e. The van der Waals surface area contributed by atoms with Gasteiger partial charge in [0.05, 0.1) is 18.0 Å². The number of hydrogen-bond donors (Lipinski definition) is 3. The monoisotopic (exact) mass is 342 g/mol. The third kappa shape index (κ3) is 3.31. The predicted octanol–water partition coefficient (Wildman–Crippen LogP) is -0.305. The van der Waals surface area contributed by atoms with Crippen LogP contribution in [-0.4, -0.2) is 48.5 Å². The minimum absolute atomic E-state index is 0.0137. The number of aromatic nitrogens is 5. The second-order valence-corrected chi connectivity index (χ2v) is 4.61. The lowest BCUT2D eigenvalue weighted by molar-refractivity contribution is 0.0696. The molecule has 1 amide bonds. The van der Waals surface area contributed by atoms with Crippen LogP contribution in [0.3, 0.4) is 0 Å². The summed E-state index contributed by atoms with van der Waals surface area (Å²) in [5, 5.41) is 27.0. The van der Waals surface area contributed by atoms with Gasteiger partial charge in [0.1, 0.15) is 0 Å². The SMILES string of the molecule is Nc1nonc1-n1cc(C(=O)N/N=C/c2ccccc2C(=O)O)nn1. The normalized spacial score (nSPS) is 10.9. The molecule has 2 aromatic heterocycles. The van der Waals surface area contributed by atoms with Crippen LogP contribution in [0.15, 0.2) is 40.2 Å². The fourth-order valence-electron chi connectivity index (χ4n) is 1.84. The zero-order valence-electron chi connectivity index (χ0n) is 12.4. The molecule has 0 atom stereocenters. The van der Waals surface area contributed by atoms with E-state index in [1.807, 2.05) is 0 Å². The van der Waals surface area contributed by atoms with Crippen molar-refractivity contribution in [2.75, 3.05) is 5.73 Å². The van der Waals surface area contributed by atoms with Gasteiger partial charge >= 0.3 is 5.97 Å². The molecule has 12 heteroatoms. The van der Waals surface area contributed by atoms with Gasteiger partial charge in [-0.1, -0.05) is 23.4 Å². The number of hydrogen-bond acceptors (Lipinski definition) is 9. The molecule has 2 heterocycles. The number of hydrazone groups is 1. The van der Waals surface area contributed by atoms with Gasteiger partial charge in [-0.15, -0.1) is 5.10 Å².